The summed E-state index contributed by atoms with van der Waals surface area (Å²) in [4.78, 5) is 23.4. The second-order valence-corrected chi connectivity index (χ2v) is 4.87. The van der Waals surface area contributed by atoms with Crippen LogP contribution in [0.5, 0.6) is 11.5 Å². The molecule has 0 heterocycles. The molecule has 1 aromatic carbocycles. The van der Waals surface area contributed by atoms with Gasteiger partial charge in [0.1, 0.15) is 0 Å². The van der Waals surface area contributed by atoms with Crippen molar-refractivity contribution in [3.63, 3.8) is 0 Å². The minimum atomic E-state index is -0.975. The monoisotopic (exact) mass is 291 g/mol. The Kier molecular flexibility index (Phi) is 4.47. The van der Waals surface area contributed by atoms with Crippen LogP contribution in [0.25, 0.3) is 0 Å². The maximum Gasteiger partial charge on any atom is 0.307 e. The molecule has 0 saturated heterocycles. The van der Waals surface area contributed by atoms with Crippen molar-refractivity contribution in [2.24, 2.45) is 11.8 Å². The number of methoxy groups -OCH3 is 1. The summed E-state index contributed by atoms with van der Waals surface area (Å²) < 4.78 is 4.92. The molecule has 2 atom stereocenters. The van der Waals surface area contributed by atoms with E-state index in [2.05, 4.69) is 5.32 Å². The Labute approximate surface area is 122 Å². The minimum absolute atomic E-state index is 0.0892. The van der Waals surface area contributed by atoms with Gasteiger partial charge in [-0.2, -0.15) is 0 Å². The van der Waals surface area contributed by atoms with E-state index in [1.165, 1.54) is 19.2 Å². The molecule has 1 aliphatic rings. The van der Waals surface area contributed by atoms with Crippen molar-refractivity contribution < 1.29 is 24.5 Å². The van der Waals surface area contributed by atoms with Gasteiger partial charge in [0.15, 0.2) is 11.5 Å². The lowest BCUT2D eigenvalue weighted by Crippen LogP contribution is -2.34. The standard InChI is InChI=1S/C15H17NO5/c1-21-13-7-6-9(8-12(13)17)16-14(18)10-4-2-3-5-11(10)15(19)20/h2-3,6-8,10-11,17H,4-5H2,1H3,(H,16,18)(H,19,20)/t10-,11+/m1/s1. The highest BCUT2D eigenvalue weighted by molar-refractivity contribution is 5.95. The van der Waals surface area contributed by atoms with Crippen molar-refractivity contribution >= 4 is 17.6 Å². The SMILES string of the molecule is COc1ccc(NC(=O)[C@@H]2CC=CC[C@@H]2C(=O)O)cc1O. The number of phenolic OH excluding ortho intramolecular Hbond substituents is 1. The molecular weight excluding hydrogens is 274 g/mol. The third kappa shape index (κ3) is 3.34. The van der Waals surface area contributed by atoms with Gasteiger partial charge in [0.25, 0.3) is 0 Å². The third-order valence-electron chi connectivity index (χ3n) is 3.53. The number of hydrogen-bond acceptors (Lipinski definition) is 4. The first-order chi connectivity index (χ1) is 10.0. The Balaban J connectivity index is 2.11. The van der Waals surface area contributed by atoms with Gasteiger partial charge < -0.3 is 20.3 Å². The average molecular weight is 291 g/mol. The molecule has 0 aromatic heterocycles. The fraction of sp³-hybridized carbons (Fsp3) is 0.333. The summed E-state index contributed by atoms with van der Waals surface area (Å²) in [7, 11) is 1.43. The molecule has 0 saturated carbocycles. The molecule has 112 valence electrons. The normalized spacial score (nSPS) is 20.8. The predicted octanol–water partition coefficient (Wildman–Crippen LogP) is 2.01. The van der Waals surface area contributed by atoms with Gasteiger partial charge in [0, 0.05) is 11.8 Å². The zero-order chi connectivity index (χ0) is 15.4. The molecule has 0 fully saturated rings. The molecule has 1 aromatic rings. The molecule has 0 aliphatic heterocycles. The molecule has 1 amide bonds. The smallest absolute Gasteiger partial charge is 0.307 e. The van der Waals surface area contributed by atoms with Crippen LogP contribution in [0.3, 0.4) is 0 Å². The number of benzene rings is 1. The van der Waals surface area contributed by atoms with Crippen molar-refractivity contribution in [1.82, 2.24) is 0 Å². The highest BCUT2D eigenvalue weighted by Crippen LogP contribution is 2.30. The number of anilines is 1. The number of hydrogen-bond donors (Lipinski definition) is 3. The van der Waals surface area contributed by atoms with E-state index >= 15 is 0 Å². The van der Waals surface area contributed by atoms with E-state index in [9.17, 15) is 14.7 Å². The summed E-state index contributed by atoms with van der Waals surface area (Å²) in [5, 5.41) is 21.5. The maximum atomic E-state index is 12.2. The number of aliphatic carboxylic acids is 1. The Morgan fingerprint density at radius 3 is 2.48 bits per heavy atom. The molecule has 1 aliphatic carbocycles. The quantitative estimate of drug-likeness (QED) is 0.737. The molecule has 0 bridgehead atoms. The van der Waals surface area contributed by atoms with Crippen LogP contribution in [0.4, 0.5) is 5.69 Å². The number of nitrogens with one attached hydrogen (secondary N) is 1. The number of ether oxygens (including phenoxy) is 1. The van der Waals surface area contributed by atoms with E-state index in [1.807, 2.05) is 6.08 Å². The van der Waals surface area contributed by atoms with Gasteiger partial charge in [0.05, 0.1) is 18.9 Å². The number of amides is 1. The van der Waals surface area contributed by atoms with Gasteiger partial charge in [0.2, 0.25) is 5.91 Å². The fourth-order valence-electron chi connectivity index (χ4n) is 2.38. The predicted molar refractivity (Wildman–Crippen MR) is 76.3 cm³/mol. The highest BCUT2D eigenvalue weighted by Gasteiger charge is 2.33. The van der Waals surface area contributed by atoms with Crippen LogP contribution in [0, 0.1) is 11.8 Å². The van der Waals surface area contributed by atoms with Crippen molar-refractivity contribution in [2.75, 3.05) is 12.4 Å². The first-order valence-corrected chi connectivity index (χ1v) is 6.58. The van der Waals surface area contributed by atoms with Crippen LogP contribution >= 0.6 is 0 Å². The molecule has 21 heavy (non-hydrogen) atoms. The molecule has 3 N–H and O–H groups in total. The average Bonchev–Trinajstić information content (AvgIpc) is 2.47. The van der Waals surface area contributed by atoms with Gasteiger partial charge in [-0.05, 0) is 25.0 Å². The van der Waals surface area contributed by atoms with Crippen molar-refractivity contribution in [1.29, 1.82) is 0 Å². The van der Waals surface area contributed by atoms with E-state index in [4.69, 9.17) is 9.84 Å². The van der Waals surface area contributed by atoms with Crippen molar-refractivity contribution in [3.8, 4) is 11.5 Å². The zero-order valence-electron chi connectivity index (χ0n) is 11.6. The van der Waals surface area contributed by atoms with Crippen molar-refractivity contribution in [2.45, 2.75) is 12.8 Å². The van der Waals surface area contributed by atoms with E-state index in [-0.39, 0.29) is 11.7 Å². The largest absolute Gasteiger partial charge is 0.504 e. The van der Waals surface area contributed by atoms with Crippen LogP contribution < -0.4 is 10.1 Å². The first-order valence-electron chi connectivity index (χ1n) is 6.58. The Bertz CT molecular complexity index is 581. The molecule has 0 unspecified atom stereocenters. The lowest BCUT2D eigenvalue weighted by Gasteiger charge is -2.24. The third-order valence-corrected chi connectivity index (χ3v) is 3.53. The number of aromatic hydroxyl groups is 1. The van der Waals surface area contributed by atoms with Crippen molar-refractivity contribution in [3.05, 3.63) is 30.4 Å². The number of carbonyl (C=O) groups is 2. The lowest BCUT2D eigenvalue weighted by atomic mass is 9.82. The second-order valence-electron chi connectivity index (χ2n) is 4.87. The molecule has 0 spiro atoms. The van der Waals surface area contributed by atoms with E-state index in [0.29, 0.717) is 24.3 Å². The number of phenols is 1. The maximum absolute atomic E-state index is 12.2. The number of carbonyl (C=O) groups excluding carboxylic acids is 1. The number of rotatable bonds is 4. The fourth-order valence-corrected chi connectivity index (χ4v) is 2.38. The van der Waals surface area contributed by atoms with E-state index in [0.717, 1.165) is 0 Å². The summed E-state index contributed by atoms with van der Waals surface area (Å²) in [5.74, 6) is -2.46. The van der Waals surface area contributed by atoms with Gasteiger partial charge in [-0.1, -0.05) is 12.2 Å². The van der Waals surface area contributed by atoms with Crippen LogP contribution in [0.2, 0.25) is 0 Å². The summed E-state index contributed by atoms with van der Waals surface area (Å²) in [5.41, 5.74) is 0.400. The topological polar surface area (TPSA) is 95.9 Å². The van der Waals surface area contributed by atoms with Gasteiger partial charge >= 0.3 is 5.97 Å². The molecule has 6 nitrogen and oxygen atoms in total. The van der Waals surface area contributed by atoms with E-state index < -0.39 is 17.8 Å². The number of allylic oxidation sites excluding steroid dienone is 2. The summed E-state index contributed by atoms with van der Waals surface area (Å²) in [6.45, 7) is 0. The Hall–Kier alpha value is -2.50. The lowest BCUT2D eigenvalue weighted by molar-refractivity contribution is -0.146. The van der Waals surface area contributed by atoms with E-state index in [1.54, 1.807) is 12.1 Å². The van der Waals surface area contributed by atoms with Gasteiger partial charge in [-0.15, -0.1) is 0 Å². The van der Waals surface area contributed by atoms with Crippen LogP contribution in [0.15, 0.2) is 30.4 Å². The molecular formula is C15H17NO5. The minimum Gasteiger partial charge on any atom is -0.504 e. The summed E-state index contributed by atoms with van der Waals surface area (Å²) in [6.07, 6.45) is 4.34. The van der Waals surface area contributed by atoms with Crippen LogP contribution in [-0.2, 0) is 9.59 Å². The van der Waals surface area contributed by atoms with Crippen LogP contribution in [0.1, 0.15) is 12.8 Å². The molecule has 0 radical (unpaired) electrons. The van der Waals surface area contributed by atoms with Crippen LogP contribution in [-0.4, -0.2) is 29.2 Å². The summed E-state index contributed by atoms with van der Waals surface area (Å²) in [6, 6.07) is 4.48. The summed E-state index contributed by atoms with van der Waals surface area (Å²) >= 11 is 0. The number of carboxylic acid groups (broad SMARTS) is 1. The zero-order valence-corrected chi connectivity index (χ0v) is 11.6. The Morgan fingerprint density at radius 2 is 1.90 bits per heavy atom. The second kappa shape index (κ2) is 6.30. The molecule has 6 heteroatoms. The first kappa shape index (κ1) is 14.9. The highest BCUT2D eigenvalue weighted by atomic mass is 16.5. The molecule has 2 rings (SSSR count). The van der Waals surface area contributed by atoms with Gasteiger partial charge in [-0.25, -0.2) is 0 Å². The Morgan fingerprint density at radius 1 is 1.24 bits per heavy atom. The van der Waals surface area contributed by atoms with Gasteiger partial charge in [-0.3, -0.25) is 9.59 Å². The number of carboxylic acids is 1.